The predicted molar refractivity (Wildman–Crippen MR) is 118 cm³/mol. The summed E-state index contributed by atoms with van der Waals surface area (Å²) in [5.74, 6) is -0.0210. The number of nitrogens with zero attached hydrogens (tertiary/aromatic N) is 2. The molecule has 1 atom stereocenters. The van der Waals surface area contributed by atoms with E-state index in [0.717, 1.165) is 16.8 Å². The van der Waals surface area contributed by atoms with Crippen LogP contribution in [0.5, 0.6) is 0 Å². The van der Waals surface area contributed by atoms with Gasteiger partial charge in [-0.1, -0.05) is 70.9 Å². The Morgan fingerprint density at radius 2 is 1.97 bits per heavy atom. The third-order valence-electron chi connectivity index (χ3n) is 4.88. The summed E-state index contributed by atoms with van der Waals surface area (Å²) in [7, 11) is 0. The van der Waals surface area contributed by atoms with Gasteiger partial charge in [0.25, 0.3) is 5.91 Å². The molecule has 148 valence electrons. The van der Waals surface area contributed by atoms with E-state index in [9.17, 15) is 4.79 Å². The number of aryl methyl sites for hydroxylation is 1. The molecule has 4 rings (SSSR count). The number of thiophene rings is 1. The first-order valence-corrected chi connectivity index (χ1v) is 10.7. The van der Waals surface area contributed by atoms with E-state index in [1.165, 1.54) is 16.9 Å². The van der Waals surface area contributed by atoms with Crippen LogP contribution in [0.2, 0.25) is 5.02 Å². The summed E-state index contributed by atoms with van der Waals surface area (Å²) >= 11 is 7.78. The number of rotatable bonds is 6. The third kappa shape index (κ3) is 4.69. The Bertz CT molecular complexity index is 1020. The quantitative estimate of drug-likeness (QED) is 0.520. The number of halogens is 1. The molecule has 4 nitrogen and oxygen atoms in total. The second kappa shape index (κ2) is 8.80. The second-order valence-corrected chi connectivity index (χ2v) is 8.44. The van der Waals surface area contributed by atoms with E-state index in [4.69, 9.17) is 16.4 Å². The highest BCUT2D eigenvalue weighted by Gasteiger charge is 2.28. The van der Waals surface area contributed by atoms with Crippen molar-refractivity contribution in [3.05, 3.63) is 92.6 Å². The first-order chi connectivity index (χ1) is 14.1. The van der Waals surface area contributed by atoms with Gasteiger partial charge in [0.2, 0.25) is 0 Å². The topological polar surface area (TPSA) is 41.9 Å². The van der Waals surface area contributed by atoms with Crippen molar-refractivity contribution in [1.29, 1.82) is 0 Å². The maximum atomic E-state index is 13.1. The SMILES string of the molecule is Cc1ccc(C2=NOC(CN(Cc3ccccc3Cl)C(=O)c3cccs3)C2)cc1. The summed E-state index contributed by atoms with van der Waals surface area (Å²) in [6.07, 6.45) is 0.484. The molecule has 2 heterocycles. The first kappa shape index (κ1) is 19.7. The molecule has 0 saturated heterocycles. The second-order valence-electron chi connectivity index (χ2n) is 7.09. The maximum Gasteiger partial charge on any atom is 0.264 e. The molecule has 0 bridgehead atoms. The molecule has 2 aromatic carbocycles. The van der Waals surface area contributed by atoms with Crippen LogP contribution in [0.3, 0.4) is 0 Å². The molecular formula is C23H21ClN2O2S. The van der Waals surface area contributed by atoms with E-state index in [1.54, 1.807) is 4.90 Å². The Hall–Kier alpha value is -2.63. The maximum absolute atomic E-state index is 13.1. The van der Waals surface area contributed by atoms with Gasteiger partial charge in [-0.25, -0.2) is 0 Å². The predicted octanol–water partition coefficient (Wildman–Crippen LogP) is 5.55. The lowest BCUT2D eigenvalue weighted by Crippen LogP contribution is -2.37. The molecule has 0 N–H and O–H groups in total. The van der Waals surface area contributed by atoms with Crippen molar-refractivity contribution in [2.24, 2.45) is 5.16 Å². The zero-order valence-corrected chi connectivity index (χ0v) is 17.6. The average molecular weight is 425 g/mol. The molecular weight excluding hydrogens is 404 g/mol. The zero-order chi connectivity index (χ0) is 20.2. The minimum atomic E-state index is -0.183. The van der Waals surface area contributed by atoms with Gasteiger partial charge in [0, 0.05) is 18.0 Å². The molecule has 0 aliphatic carbocycles. The van der Waals surface area contributed by atoms with E-state index in [1.807, 2.05) is 41.8 Å². The molecule has 0 spiro atoms. The van der Waals surface area contributed by atoms with Crippen LogP contribution in [-0.2, 0) is 11.4 Å². The molecule has 1 amide bonds. The van der Waals surface area contributed by atoms with E-state index in [2.05, 4.69) is 36.3 Å². The number of carbonyl (C=O) groups excluding carboxylic acids is 1. The van der Waals surface area contributed by atoms with E-state index in [-0.39, 0.29) is 12.0 Å². The fourth-order valence-corrected chi connectivity index (χ4v) is 4.18. The van der Waals surface area contributed by atoms with Crippen LogP contribution in [0, 0.1) is 6.92 Å². The smallest absolute Gasteiger partial charge is 0.264 e. The van der Waals surface area contributed by atoms with Gasteiger partial charge in [-0.15, -0.1) is 11.3 Å². The van der Waals surface area contributed by atoms with Crippen LogP contribution in [0.25, 0.3) is 0 Å². The first-order valence-electron chi connectivity index (χ1n) is 9.46. The standard InChI is InChI=1S/C23H21ClN2O2S/c1-16-8-10-17(11-9-16)21-13-19(28-25-21)15-26(23(27)22-7-4-12-29-22)14-18-5-2-3-6-20(18)24/h2-12,19H,13-15H2,1H3. The Balaban J connectivity index is 1.49. The molecule has 29 heavy (non-hydrogen) atoms. The monoisotopic (exact) mass is 424 g/mol. The van der Waals surface area contributed by atoms with Gasteiger partial charge in [0.05, 0.1) is 17.1 Å². The Morgan fingerprint density at radius 1 is 1.17 bits per heavy atom. The van der Waals surface area contributed by atoms with Crippen molar-refractivity contribution < 1.29 is 9.63 Å². The summed E-state index contributed by atoms with van der Waals surface area (Å²) in [4.78, 5) is 21.3. The lowest BCUT2D eigenvalue weighted by atomic mass is 10.0. The average Bonchev–Trinajstić information content (AvgIpc) is 3.41. The summed E-state index contributed by atoms with van der Waals surface area (Å²) in [6.45, 7) is 2.93. The lowest BCUT2D eigenvalue weighted by molar-refractivity contribution is 0.0408. The number of amides is 1. The van der Waals surface area contributed by atoms with E-state index in [0.29, 0.717) is 29.4 Å². The number of hydrogen-bond donors (Lipinski definition) is 0. The highest BCUT2D eigenvalue weighted by Crippen LogP contribution is 2.23. The minimum absolute atomic E-state index is 0.0210. The van der Waals surface area contributed by atoms with Gasteiger partial charge in [-0.3, -0.25) is 4.79 Å². The van der Waals surface area contributed by atoms with Crippen molar-refractivity contribution in [2.45, 2.75) is 26.0 Å². The molecule has 0 radical (unpaired) electrons. The minimum Gasteiger partial charge on any atom is -0.390 e. The molecule has 1 unspecified atom stereocenters. The number of carbonyl (C=O) groups is 1. The van der Waals surface area contributed by atoms with Crippen molar-refractivity contribution in [3.8, 4) is 0 Å². The van der Waals surface area contributed by atoms with Crippen LogP contribution in [0.15, 0.2) is 71.2 Å². The van der Waals surface area contributed by atoms with Crippen molar-refractivity contribution in [1.82, 2.24) is 4.90 Å². The van der Waals surface area contributed by atoms with Gasteiger partial charge in [-0.2, -0.15) is 0 Å². The molecule has 3 aromatic rings. The summed E-state index contributed by atoms with van der Waals surface area (Å²) in [5, 5.41) is 6.83. The summed E-state index contributed by atoms with van der Waals surface area (Å²) in [5.41, 5.74) is 4.09. The largest absolute Gasteiger partial charge is 0.390 e. The van der Waals surface area contributed by atoms with Gasteiger partial charge in [0.1, 0.15) is 0 Å². The van der Waals surface area contributed by atoms with Crippen LogP contribution in [0.4, 0.5) is 0 Å². The molecule has 1 aliphatic rings. The van der Waals surface area contributed by atoms with Gasteiger partial charge in [-0.05, 0) is 35.6 Å². The number of hydrogen-bond acceptors (Lipinski definition) is 4. The van der Waals surface area contributed by atoms with Crippen LogP contribution < -0.4 is 0 Å². The van der Waals surface area contributed by atoms with E-state index < -0.39 is 0 Å². The Labute approximate surface area is 179 Å². The van der Waals surface area contributed by atoms with Gasteiger partial charge < -0.3 is 9.74 Å². The summed E-state index contributed by atoms with van der Waals surface area (Å²) < 4.78 is 0. The molecule has 1 aliphatic heterocycles. The van der Waals surface area contributed by atoms with Crippen molar-refractivity contribution in [2.75, 3.05) is 6.54 Å². The highest BCUT2D eigenvalue weighted by molar-refractivity contribution is 7.12. The Morgan fingerprint density at radius 3 is 2.69 bits per heavy atom. The Kier molecular flexibility index (Phi) is 5.97. The van der Waals surface area contributed by atoms with Crippen molar-refractivity contribution in [3.63, 3.8) is 0 Å². The third-order valence-corrected chi connectivity index (χ3v) is 6.11. The number of oxime groups is 1. The normalized spacial score (nSPS) is 15.7. The molecule has 6 heteroatoms. The fourth-order valence-electron chi connectivity index (χ4n) is 3.30. The molecule has 0 saturated carbocycles. The summed E-state index contributed by atoms with van der Waals surface area (Å²) in [6, 6.07) is 19.6. The van der Waals surface area contributed by atoms with Crippen LogP contribution >= 0.6 is 22.9 Å². The van der Waals surface area contributed by atoms with Gasteiger partial charge >= 0.3 is 0 Å². The van der Waals surface area contributed by atoms with E-state index >= 15 is 0 Å². The van der Waals surface area contributed by atoms with Gasteiger partial charge in [0.15, 0.2) is 6.10 Å². The zero-order valence-electron chi connectivity index (χ0n) is 16.0. The molecule has 1 aromatic heterocycles. The lowest BCUT2D eigenvalue weighted by Gasteiger charge is -2.25. The fraction of sp³-hybridized carbons (Fsp3) is 0.217. The molecule has 0 fully saturated rings. The van der Waals surface area contributed by atoms with Crippen LogP contribution in [-0.4, -0.2) is 29.2 Å². The number of benzene rings is 2. The van der Waals surface area contributed by atoms with Crippen LogP contribution in [0.1, 0.15) is 32.8 Å². The highest BCUT2D eigenvalue weighted by atomic mass is 35.5. The van der Waals surface area contributed by atoms with Crippen molar-refractivity contribution >= 4 is 34.6 Å².